The highest BCUT2D eigenvalue weighted by atomic mass is 79.9. The van der Waals surface area contributed by atoms with Crippen molar-refractivity contribution in [1.82, 2.24) is 10.1 Å². The summed E-state index contributed by atoms with van der Waals surface area (Å²) in [5, 5.41) is 4.16. The molecule has 0 saturated heterocycles. The van der Waals surface area contributed by atoms with Gasteiger partial charge in [0.25, 0.3) is 0 Å². The molecule has 2 rings (SSSR count). The summed E-state index contributed by atoms with van der Waals surface area (Å²) < 4.78 is 11.1. The first-order valence-corrected chi connectivity index (χ1v) is 7.87. The molecule has 0 aromatic carbocycles. The third-order valence-electron chi connectivity index (χ3n) is 4.28. The van der Waals surface area contributed by atoms with Gasteiger partial charge < -0.3 is 9.26 Å². The normalized spacial score (nSPS) is 23.2. The van der Waals surface area contributed by atoms with Crippen molar-refractivity contribution in [2.45, 2.75) is 63.3 Å². The van der Waals surface area contributed by atoms with Gasteiger partial charge in [-0.3, -0.25) is 0 Å². The standard InChI is InChI=1S/C14H23BrN2O2/c1-5-10(15)11-16-12(17-19-11)14(18-4)8-6-13(2,3)7-9-14/h10H,5-9H2,1-4H3. The fourth-order valence-corrected chi connectivity index (χ4v) is 2.76. The zero-order chi connectivity index (χ0) is 14.1. The van der Waals surface area contributed by atoms with E-state index < -0.39 is 0 Å². The van der Waals surface area contributed by atoms with Crippen LogP contribution in [0.4, 0.5) is 0 Å². The molecule has 0 spiro atoms. The lowest BCUT2D eigenvalue weighted by Gasteiger charge is -2.40. The number of hydrogen-bond donors (Lipinski definition) is 0. The number of ether oxygens (including phenoxy) is 1. The predicted octanol–water partition coefficient (Wildman–Crippen LogP) is 4.36. The van der Waals surface area contributed by atoms with Crippen molar-refractivity contribution in [1.29, 1.82) is 0 Å². The van der Waals surface area contributed by atoms with Crippen molar-refractivity contribution >= 4 is 15.9 Å². The second kappa shape index (κ2) is 5.52. The van der Waals surface area contributed by atoms with Crippen LogP contribution in [0.15, 0.2) is 4.52 Å². The molecule has 1 aromatic heterocycles. The topological polar surface area (TPSA) is 48.2 Å². The molecule has 1 aliphatic carbocycles. The average molecular weight is 331 g/mol. The van der Waals surface area contributed by atoms with Crippen LogP contribution < -0.4 is 0 Å². The van der Waals surface area contributed by atoms with Crippen molar-refractivity contribution in [2.24, 2.45) is 5.41 Å². The van der Waals surface area contributed by atoms with Gasteiger partial charge in [-0.1, -0.05) is 41.9 Å². The Bertz CT molecular complexity index is 421. The van der Waals surface area contributed by atoms with Crippen molar-refractivity contribution in [3.63, 3.8) is 0 Å². The van der Waals surface area contributed by atoms with E-state index in [2.05, 4.69) is 46.8 Å². The fraction of sp³-hybridized carbons (Fsp3) is 0.857. The van der Waals surface area contributed by atoms with E-state index in [1.165, 1.54) is 0 Å². The highest BCUT2D eigenvalue weighted by Gasteiger charge is 2.43. The lowest BCUT2D eigenvalue weighted by molar-refractivity contribution is -0.0740. The molecule has 1 unspecified atom stereocenters. The molecule has 4 nitrogen and oxygen atoms in total. The van der Waals surface area contributed by atoms with Crippen LogP contribution in [-0.4, -0.2) is 17.3 Å². The maximum atomic E-state index is 5.78. The van der Waals surface area contributed by atoms with Gasteiger partial charge in [0.05, 0.1) is 4.83 Å². The zero-order valence-electron chi connectivity index (χ0n) is 12.2. The molecular weight excluding hydrogens is 308 g/mol. The van der Waals surface area contributed by atoms with Crippen molar-refractivity contribution in [3.8, 4) is 0 Å². The maximum absolute atomic E-state index is 5.78. The summed E-state index contributed by atoms with van der Waals surface area (Å²) in [6, 6.07) is 0. The number of nitrogens with zero attached hydrogens (tertiary/aromatic N) is 2. The number of alkyl halides is 1. The molecule has 0 aliphatic heterocycles. The predicted molar refractivity (Wildman–Crippen MR) is 77.2 cm³/mol. The lowest BCUT2D eigenvalue weighted by Crippen LogP contribution is -2.37. The van der Waals surface area contributed by atoms with Crippen LogP contribution in [-0.2, 0) is 10.3 Å². The van der Waals surface area contributed by atoms with Crippen LogP contribution in [0, 0.1) is 5.41 Å². The van der Waals surface area contributed by atoms with Crippen LogP contribution in [0.3, 0.4) is 0 Å². The summed E-state index contributed by atoms with van der Waals surface area (Å²) in [5.74, 6) is 1.36. The molecule has 1 fully saturated rings. The number of rotatable bonds is 4. The van der Waals surface area contributed by atoms with Gasteiger partial charge >= 0.3 is 0 Å². The minimum Gasteiger partial charge on any atom is -0.370 e. The molecule has 0 amide bonds. The largest absolute Gasteiger partial charge is 0.370 e. The monoisotopic (exact) mass is 330 g/mol. The second-order valence-corrected chi connectivity index (χ2v) is 7.30. The second-order valence-electron chi connectivity index (χ2n) is 6.19. The quantitative estimate of drug-likeness (QED) is 0.769. The SMILES string of the molecule is CCC(Br)c1nc(C2(OC)CCC(C)(C)CC2)no1. The molecule has 1 saturated carbocycles. The van der Waals surface area contributed by atoms with Crippen LogP contribution >= 0.6 is 15.9 Å². The third kappa shape index (κ3) is 3.02. The van der Waals surface area contributed by atoms with E-state index in [1.807, 2.05) is 0 Å². The van der Waals surface area contributed by atoms with E-state index in [0.29, 0.717) is 17.1 Å². The molecule has 0 radical (unpaired) electrons. The molecule has 1 aromatic rings. The maximum Gasteiger partial charge on any atom is 0.240 e. The molecule has 108 valence electrons. The van der Waals surface area contributed by atoms with Gasteiger partial charge in [-0.25, -0.2) is 0 Å². The number of hydrogen-bond acceptors (Lipinski definition) is 4. The minimum absolute atomic E-state index is 0.127. The Morgan fingerprint density at radius 3 is 2.47 bits per heavy atom. The number of methoxy groups -OCH3 is 1. The molecule has 1 atom stereocenters. The van der Waals surface area contributed by atoms with E-state index in [-0.39, 0.29) is 10.4 Å². The van der Waals surface area contributed by atoms with Crippen LogP contribution in [0.2, 0.25) is 0 Å². The number of aromatic nitrogens is 2. The molecule has 0 N–H and O–H groups in total. The van der Waals surface area contributed by atoms with E-state index in [0.717, 1.165) is 32.1 Å². The lowest BCUT2D eigenvalue weighted by atomic mass is 9.70. The van der Waals surface area contributed by atoms with Crippen LogP contribution in [0.1, 0.15) is 69.4 Å². The highest BCUT2D eigenvalue weighted by molar-refractivity contribution is 9.09. The fourth-order valence-electron chi connectivity index (χ4n) is 2.57. The Balaban J connectivity index is 2.20. The summed E-state index contributed by atoms with van der Waals surface area (Å²) in [7, 11) is 1.75. The first kappa shape index (κ1) is 15.0. The highest BCUT2D eigenvalue weighted by Crippen LogP contribution is 2.46. The Labute approximate surface area is 123 Å². The van der Waals surface area contributed by atoms with Crippen LogP contribution in [0.25, 0.3) is 0 Å². The van der Waals surface area contributed by atoms with Crippen LogP contribution in [0.5, 0.6) is 0 Å². The Kier molecular flexibility index (Phi) is 4.35. The molecule has 1 aliphatic rings. The van der Waals surface area contributed by atoms with Gasteiger partial charge in [0.15, 0.2) is 0 Å². The Hall–Kier alpha value is -0.420. The van der Waals surface area contributed by atoms with Gasteiger partial charge in [-0.15, -0.1) is 0 Å². The summed E-state index contributed by atoms with van der Waals surface area (Å²) in [6.07, 6.45) is 5.07. The van der Waals surface area contributed by atoms with Crippen molar-refractivity contribution in [2.75, 3.05) is 7.11 Å². The first-order valence-electron chi connectivity index (χ1n) is 6.96. The minimum atomic E-state index is -0.363. The van der Waals surface area contributed by atoms with E-state index in [9.17, 15) is 0 Å². The summed E-state index contributed by atoms with van der Waals surface area (Å²) >= 11 is 3.54. The third-order valence-corrected chi connectivity index (χ3v) is 5.32. The molecule has 1 heterocycles. The van der Waals surface area contributed by atoms with E-state index >= 15 is 0 Å². The van der Waals surface area contributed by atoms with Gasteiger partial charge in [-0.2, -0.15) is 4.98 Å². The van der Waals surface area contributed by atoms with Crippen molar-refractivity contribution in [3.05, 3.63) is 11.7 Å². The zero-order valence-corrected chi connectivity index (χ0v) is 13.8. The molecule has 0 bridgehead atoms. The van der Waals surface area contributed by atoms with E-state index in [1.54, 1.807) is 7.11 Å². The van der Waals surface area contributed by atoms with Gasteiger partial charge in [0, 0.05) is 7.11 Å². The summed E-state index contributed by atoms with van der Waals surface area (Å²) in [4.78, 5) is 4.67. The van der Waals surface area contributed by atoms with Crippen molar-refractivity contribution < 1.29 is 9.26 Å². The Morgan fingerprint density at radius 1 is 1.32 bits per heavy atom. The summed E-state index contributed by atoms with van der Waals surface area (Å²) in [6.45, 7) is 6.69. The average Bonchev–Trinajstić information content (AvgIpc) is 2.89. The van der Waals surface area contributed by atoms with Gasteiger partial charge in [0.2, 0.25) is 11.7 Å². The smallest absolute Gasteiger partial charge is 0.240 e. The molecule has 5 heteroatoms. The Morgan fingerprint density at radius 2 is 1.95 bits per heavy atom. The first-order chi connectivity index (χ1) is 8.92. The summed E-state index contributed by atoms with van der Waals surface area (Å²) in [5.41, 5.74) is 0.0215. The van der Waals surface area contributed by atoms with Gasteiger partial charge in [-0.05, 0) is 37.5 Å². The number of halogens is 1. The molecular formula is C14H23BrN2O2. The van der Waals surface area contributed by atoms with E-state index in [4.69, 9.17) is 9.26 Å². The molecule has 19 heavy (non-hydrogen) atoms. The van der Waals surface area contributed by atoms with Gasteiger partial charge in [0.1, 0.15) is 5.60 Å².